The van der Waals surface area contributed by atoms with E-state index in [-0.39, 0.29) is 22.5 Å². The Morgan fingerprint density at radius 3 is 2.67 bits per heavy atom. The van der Waals surface area contributed by atoms with Gasteiger partial charge in [0.15, 0.2) is 11.0 Å². The molecule has 8 nitrogen and oxygen atoms in total. The predicted molar refractivity (Wildman–Crippen MR) is 73.3 cm³/mol. The van der Waals surface area contributed by atoms with E-state index in [0.717, 1.165) is 0 Å². The maximum atomic E-state index is 11.7. The van der Waals surface area contributed by atoms with E-state index in [1.165, 1.54) is 17.7 Å². The molecule has 9 heteroatoms. The molecule has 0 saturated carbocycles. The van der Waals surface area contributed by atoms with Gasteiger partial charge in [-0.2, -0.15) is 0 Å². The maximum absolute atomic E-state index is 11.7. The van der Waals surface area contributed by atoms with E-state index in [0.29, 0.717) is 0 Å². The van der Waals surface area contributed by atoms with Gasteiger partial charge in [-0.1, -0.05) is 0 Å². The number of ether oxygens (including phenoxy) is 1. The van der Waals surface area contributed by atoms with Crippen LogP contribution in [0.1, 0.15) is 18.7 Å². The second-order valence-corrected chi connectivity index (χ2v) is 5.32. The second kappa shape index (κ2) is 6.16. The Hall–Kier alpha value is -1.39. The number of carbonyl (C=O) groups is 1. The molecule has 2 rings (SSSR count). The number of H-pyrrole nitrogens is 1. The van der Waals surface area contributed by atoms with Crippen LogP contribution in [-0.2, 0) is 16.0 Å². The van der Waals surface area contributed by atoms with Crippen molar-refractivity contribution in [3.05, 3.63) is 26.9 Å². The number of aliphatic hydroxyl groups is 3. The van der Waals surface area contributed by atoms with Gasteiger partial charge in [-0.05, 0) is 19.1 Å². The highest BCUT2D eigenvalue weighted by Crippen LogP contribution is 2.29. The van der Waals surface area contributed by atoms with Crippen molar-refractivity contribution in [1.82, 2.24) is 9.55 Å². The van der Waals surface area contributed by atoms with Crippen LogP contribution in [0.4, 0.5) is 0 Å². The molecule has 1 aromatic heterocycles. The maximum Gasteiger partial charge on any atom is 0.255 e. The quantitative estimate of drug-likeness (QED) is 0.506. The van der Waals surface area contributed by atoms with Crippen LogP contribution in [0.2, 0.25) is 0 Å². The van der Waals surface area contributed by atoms with Crippen LogP contribution in [0.3, 0.4) is 0 Å². The Labute approximate surface area is 124 Å². The molecule has 116 valence electrons. The van der Waals surface area contributed by atoms with Gasteiger partial charge in [-0.25, -0.2) is 0 Å². The third kappa shape index (κ3) is 3.11. The molecule has 1 aliphatic heterocycles. The number of rotatable bonds is 4. The van der Waals surface area contributed by atoms with Crippen LogP contribution in [0.15, 0.2) is 11.0 Å². The lowest BCUT2D eigenvalue weighted by Gasteiger charge is -2.19. The lowest BCUT2D eigenvalue weighted by Crippen LogP contribution is -2.33. The van der Waals surface area contributed by atoms with Crippen molar-refractivity contribution in [2.75, 3.05) is 6.61 Å². The van der Waals surface area contributed by atoms with Crippen LogP contribution in [-0.4, -0.2) is 55.6 Å². The highest BCUT2D eigenvalue weighted by atomic mass is 32.1. The van der Waals surface area contributed by atoms with Crippen LogP contribution >= 0.6 is 12.2 Å². The van der Waals surface area contributed by atoms with Crippen molar-refractivity contribution in [3.63, 3.8) is 0 Å². The van der Waals surface area contributed by atoms with Crippen LogP contribution in [0.5, 0.6) is 0 Å². The van der Waals surface area contributed by atoms with Crippen molar-refractivity contribution >= 4 is 18.0 Å². The van der Waals surface area contributed by atoms with Crippen molar-refractivity contribution in [2.24, 2.45) is 0 Å². The van der Waals surface area contributed by atoms with Gasteiger partial charge in [0.05, 0.1) is 6.61 Å². The minimum atomic E-state index is -1.31. The summed E-state index contributed by atoms with van der Waals surface area (Å²) in [5.74, 6) is -0.203. The average Bonchev–Trinajstić information content (AvgIpc) is 2.69. The Kier molecular flexibility index (Phi) is 4.69. The number of ketones is 1. The smallest absolute Gasteiger partial charge is 0.255 e. The number of nitrogens with one attached hydrogen (secondary N) is 1. The Bertz CT molecular complexity index is 654. The molecule has 0 unspecified atom stereocenters. The van der Waals surface area contributed by atoms with Gasteiger partial charge in [0.1, 0.15) is 24.1 Å². The van der Waals surface area contributed by atoms with E-state index in [1.54, 1.807) is 0 Å². The summed E-state index contributed by atoms with van der Waals surface area (Å²) < 4.78 is 6.59. The highest BCUT2D eigenvalue weighted by molar-refractivity contribution is 7.71. The molecule has 4 N–H and O–H groups in total. The van der Waals surface area contributed by atoms with E-state index in [4.69, 9.17) is 22.1 Å². The van der Waals surface area contributed by atoms with Crippen LogP contribution < -0.4 is 5.56 Å². The molecule has 0 amide bonds. The number of carbonyl (C=O) groups excluding carboxylic acids is 1. The monoisotopic (exact) mass is 316 g/mol. The standard InChI is InChI=1S/C12H16N2O6S/c1-5(16)2-6-3-14(12(21)13-10(6)19)11-9(18)8(17)7(4-15)20-11/h3,7-9,11,15,17-18H,2,4H2,1H3,(H,13,19,21)/t7-,8-,9-,11-/m1/s1. The van der Waals surface area contributed by atoms with E-state index in [1.807, 2.05) is 0 Å². The van der Waals surface area contributed by atoms with Crippen molar-refractivity contribution < 1.29 is 24.9 Å². The summed E-state index contributed by atoms with van der Waals surface area (Å²) >= 11 is 5.00. The zero-order chi connectivity index (χ0) is 15.7. The molecule has 1 aromatic rings. The van der Waals surface area contributed by atoms with E-state index in [9.17, 15) is 19.8 Å². The number of nitrogens with zero attached hydrogens (tertiary/aromatic N) is 1. The van der Waals surface area contributed by atoms with Gasteiger partial charge >= 0.3 is 0 Å². The van der Waals surface area contributed by atoms with E-state index >= 15 is 0 Å². The fraction of sp³-hybridized carbons (Fsp3) is 0.583. The van der Waals surface area contributed by atoms with Gasteiger partial charge in [0, 0.05) is 18.2 Å². The summed E-state index contributed by atoms with van der Waals surface area (Å²) in [6.07, 6.45) is -3.35. The van der Waals surface area contributed by atoms with Crippen molar-refractivity contribution in [2.45, 2.75) is 37.9 Å². The molecule has 2 heterocycles. The largest absolute Gasteiger partial charge is 0.394 e. The lowest BCUT2D eigenvalue weighted by atomic mass is 10.1. The number of hydrogen-bond acceptors (Lipinski definition) is 7. The number of aromatic nitrogens is 2. The van der Waals surface area contributed by atoms with Crippen molar-refractivity contribution in [1.29, 1.82) is 0 Å². The SMILES string of the molecule is CC(=O)Cc1cn([C@@H]2O[C@H](CO)[C@@H](O)[C@H]2O)c(=S)[nH]c1=O. The lowest BCUT2D eigenvalue weighted by molar-refractivity contribution is -0.116. The summed E-state index contributed by atoms with van der Waals surface area (Å²) in [6, 6.07) is 0. The number of aliphatic hydroxyl groups excluding tert-OH is 3. The minimum Gasteiger partial charge on any atom is -0.394 e. The molecule has 0 aromatic carbocycles. The molecule has 1 aliphatic rings. The summed E-state index contributed by atoms with van der Waals surface area (Å²) in [5, 5.41) is 28.8. The van der Waals surface area contributed by atoms with Gasteiger partial charge < -0.3 is 20.1 Å². The first kappa shape index (κ1) is 16.0. The molecule has 21 heavy (non-hydrogen) atoms. The zero-order valence-corrected chi connectivity index (χ0v) is 12.0. The number of Topliss-reactive ketones (excluding diaryl/α,β-unsaturated/α-hetero) is 1. The third-order valence-electron chi connectivity index (χ3n) is 3.27. The van der Waals surface area contributed by atoms with Gasteiger partial charge in [-0.3, -0.25) is 19.1 Å². The fourth-order valence-electron chi connectivity index (χ4n) is 2.22. The third-order valence-corrected chi connectivity index (χ3v) is 3.59. The minimum absolute atomic E-state index is 0.0119. The second-order valence-electron chi connectivity index (χ2n) is 4.93. The van der Waals surface area contributed by atoms with Crippen LogP contribution in [0.25, 0.3) is 0 Å². The molecular weight excluding hydrogens is 300 g/mol. The molecule has 0 aliphatic carbocycles. The average molecular weight is 316 g/mol. The fourth-order valence-corrected chi connectivity index (χ4v) is 2.47. The van der Waals surface area contributed by atoms with Gasteiger partial charge in [-0.15, -0.1) is 0 Å². The first-order chi connectivity index (χ1) is 9.85. The summed E-state index contributed by atoms with van der Waals surface area (Å²) in [4.78, 5) is 25.3. The first-order valence-electron chi connectivity index (χ1n) is 6.31. The van der Waals surface area contributed by atoms with Gasteiger partial charge in [0.2, 0.25) is 0 Å². The van der Waals surface area contributed by atoms with Crippen molar-refractivity contribution in [3.8, 4) is 0 Å². The normalized spacial score (nSPS) is 28.8. The van der Waals surface area contributed by atoms with E-state index < -0.39 is 36.7 Å². The molecular formula is C12H16N2O6S. The Morgan fingerprint density at radius 2 is 2.14 bits per heavy atom. The van der Waals surface area contributed by atoms with Crippen LogP contribution in [0, 0.1) is 4.77 Å². The predicted octanol–water partition coefficient (Wildman–Crippen LogP) is -1.35. The molecule has 0 spiro atoms. The number of hydrogen-bond donors (Lipinski definition) is 4. The summed E-state index contributed by atoms with van der Waals surface area (Å²) in [7, 11) is 0. The van der Waals surface area contributed by atoms with E-state index in [2.05, 4.69) is 4.98 Å². The first-order valence-corrected chi connectivity index (χ1v) is 6.72. The topological polar surface area (TPSA) is 125 Å². The molecule has 4 atom stereocenters. The molecule has 1 saturated heterocycles. The Morgan fingerprint density at radius 1 is 1.48 bits per heavy atom. The number of aromatic amines is 1. The summed E-state index contributed by atoms with van der Waals surface area (Å²) in [6.45, 7) is 0.879. The summed E-state index contributed by atoms with van der Waals surface area (Å²) in [5.41, 5.74) is -0.313. The molecule has 1 fully saturated rings. The Balaban J connectivity index is 2.42. The van der Waals surface area contributed by atoms with Gasteiger partial charge in [0.25, 0.3) is 5.56 Å². The zero-order valence-electron chi connectivity index (χ0n) is 11.2. The highest BCUT2D eigenvalue weighted by Gasteiger charge is 2.43. The molecule has 0 radical (unpaired) electrons. The molecule has 0 bridgehead atoms.